The number of hydrogen-bond acceptors (Lipinski definition) is 3. The number of fused-ring (bicyclic) bond motifs is 1. The smallest absolute Gasteiger partial charge is 0.353 e. The molecule has 0 radical (unpaired) electrons. The lowest BCUT2D eigenvalue weighted by Crippen LogP contribution is -1.95. The van der Waals surface area contributed by atoms with Crippen LogP contribution < -0.4 is 0 Å². The summed E-state index contributed by atoms with van der Waals surface area (Å²) < 4.78 is 1.85. The van der Waals surface area contributed by atoms with Gasteiger partial charge in [0.2, 0.25) is 0 Å². The molecule has 2 N–H and O–H groups in total. The molecule has 3 heterocycles. The van der Waals surface area contributed by atoms with Crippen molar-refractivity contribution < 1.29 is 9.90 Å². The zero-order valence-electron chi connectivity index (χ0n) is 8.66. The molecule has 0 unspecified atom stereocenters. The third kappa shape index (κ3) is 1.55. The van der Waals surface area contributed by atoms with Crippen LogP contribution >= 0.6 is 0 Å². The summed E-state index contributed by atoms with van der Waals surface area (Å²) >= 11 is 0. The molecule has 0 amide bonds. The van der Waals surface area contributed by atoms with E-state index < -0.39 is 5.97 Å². The number of carboxylic acids is 1. The summed E-state index contributed by atoms with van der Waals surface area (Å²) in [4.78, 5) is 21.7. The van der Waals surface area contributed by atoms with Gasteiger partial charge in [0.1, 0.15) is 17.0 Å². The minimum Gasteiger partial charge on any atom is -0.477 e. The van der Waals surface area contributed by atoms with E-state index in [1.807, 2.05) is 28.8 Å². The standard InChI is InChI=1S/C11H8N4O2/c16-11(17)7-5-12-10(14-7)8-6-15-4-2-1-3-9(15)13-8/h1-6H,(H,12,14)(H,16,17). The van der Waals surface area contributed by atoms with Gasteiger partial charge in [0.15, 0.2) is 5.82 Å². The second-order valence-corrected chi connectivity index (χ2v) is 3.54. The molecule has 0 aliphatic carbocycles. The van der Waals surface area contributed by atoms with Crippen molar-refractivity contribution >= 4 is 11.6 Å². The number of aromatic nitrogens is 4. The largest absolute Gasteiger partial charge is 0.477 e. The van der Waals surface area contributed by atoms with Crippen LogP contribution in [0.1, 0.15) is 10.5 Å². The maximum absolute atomic E-state index is 10.7. The summed E-state index contributed by atoms with van der Waals surface area (Å²) in [6.45, 7) is 0. The van der Waals surface area contributed by atoms with Crippen molar-refractivity contribution in [1.82, 2.24) is 19.4 Å². The molecule has 0 bridgehead atoms. The van der Waals surface area contributed by atoms with E-state index in [9.17, 15) is 4.79 Å². The average Bonchev–Trinajstić information content (AvgIpc) is 2.95. The molecule has 6 nitrogen and oxygen atoms in total. The van der Waals surface area contributed by atoms with Gasteiger partial charge in [-0.1, -0.05) is 6.07 Å². The van der Waals surface area contributed by atoms with Gasteiger partial charge < -0.3 is 14.5 Å². The van der Waals surface area contributed by atoms with Crippen LogP contribution in [0.4, 0.5) is 0 Å². The first kappa shape index (κ1) is 9.59. The Bertz CT molecular complexity index is 665. The van der Waals surface area contributed by atoms with Gasteiger partial charge in [-0.05, 0) is 12.1 Å². The van der Waals surface area contributed by atoms with Gasteiger partial charge in [0.05, 0.1) is 6.20 Å². The number of H-pyrrole nitrogens is 1. The Balaban J connectivity index is 2.10. The first-order valence-corrected chi connectivity index (χ1v) is 4.96. The van der Waals surface area contributed by atoms with E-state index in [0.29, 0.717) is 11.5 Å². The van der Waals surface area contributed by atoms with Crippen LogP contribution in [-0.2, 0) is 0 Å². The third-order valence-corrected chi connectivity index (χ3v) is 2.41. The Kier molecular flexibility index (Phi) is 1.94. The summed E-state index contributed by atoms with van der Waals surface area (Å²) in [5.41, 5.74) is 1.46. The van der Waals surface area contributed by atoms with Crippen LogP contribution in [0.25, 0.3) is 17.2 Å². The summed E-state index contributed by atoms with van der Waals surface area (Å²) in [6.07, 6.45) is 4.94. The predicted octanol–water partition coefficient (Wildman–Crippen LogP) is 1.42. The highest BCUT2D eigenvalue weighted by Gasteiger charge is 2.11. The van der Waals surface area contributed by atoms with Crippen molar-refractivity contribution in [2.24, 2.45) is 0 Å². The zero-order valence-corrected chi connectivity index (χ0v) is 8.66. The van der Waals surface area contributed by atoms with E-state index in [-0.39, 0.29) is 5.69 Å². The van der Waals surface area contributed by atoms with E-state index in [1.54, 1.807) is 6.20 Å². The predicted molar refractivity (Wildman–Crippen MR) is 59.7 cm³/mol. The van der Waals surface area contributed by atoms with Crippen molar-refractivity contribution in [1.29, 1.82) is 0 Å². The van der Waals surface area contributed by atoms with Gasteiger partial charge >= 0.3 is 5.97 Å². The number of aromatic amines is 1. The van der Waals surface area contributed by atoms with Crippen molar-refractivity contribution in [2.45, 2.75) is 0 Å². The molecule has 84 valence electrons. The normalized spacial score (nSPS) is 10.8. The molecule has 0 fully saturated rings. The van der Waals surface area contributed by atoms with E-state index in [4.69, 9.17) is 5.11 Å². The minimum absolute atomic E-state index is 0.0528. The number of carbonyl (C=O) groups is 1. The molecule has 0 saturated heterocycles. The monoisotopic (exact) mass is 228 g/mol. The van der Waals surface area contributed by atoms with Gasteiger partial charge in [-0.25, -0.2) is 14.8 Å². The fourth-order valence-electron chi connectivity index (χ4n) is 1.61. The average molecular weight is 228 g/mol. The Morgan fingerprint density at radius 2 is 2.29 bits per heavy atom. The van der Waals surface area contributed by atoms with Crippen LogP contribution in [0, 0.1) is 0 Å². The summed E-state index contributed by atoms with van der Waals surface area (Å²) in [7, 11) is 0. The topological polar surface area (TPSA) is 83.3 Å². The summed E-state index contributed by atoms with van der Waals surface area (Å²) in [5.74, 6) is -0.585. The molecular formula is C11H8N4O2. The van der Waals surface area contributed by atoms with Gasteiger partial charge in [-0.3, -0.25) is 0 Å². The number of carboxylic acid groups (broad SMARTS) is 1. The first-order chi connectivity index (χ1) is 8.24. The number of nitrogens with zero attached hydrogens (tertiary/aromatic N) is 3. The Labute approximate surface area is 95.6 Å². The first-order valence-electron chi connectivity index (χ1n) is 4.96. The van der Waals surface area contributed by atoms with E-state index in [1.165, 1.54) is 6.20 Å². The van der Waals surface area contributed by atoms with Gasteiger partial charge in [-0.15, -0.1) is 0 Å². The molecule has 17 heavy (non-hydrogen) atoms. The van der Waals surface area contributed by atoms with E-state index in [2.05, 4.69) is 15.0 Å². The number of rotatable bonds is 2. The lowest BCUT2D eigenvalue weighted by molar-refractivity contribution is 0.0691. The minimum atomic E-state index is -1.03. The Morgan fingerprint density at radius 1 is 1.41 bits per heavy atom. The fourth-order valence-corrected chi connectivity index (χ4v) is 1.61. The molecule has 0 spiro atoms. The third-order valence-electron chi connectivity index (χ3n) is 2.41. The van der Waals surface area contributed by atoms with Gasteiger partial charge in [0, 0.05) is 12.4 Å². The molecule has 6 heteroatoms. The van der Waals surface area contributed by atoms with Crippen LogP contribution in [-0.4, -0.2) is 30.4 Å². The lowest BCUT2D eigenvalue weighted by atomic mass is 10.4. The maximum atomic E-state index is 10.7. The molecule has 3 aromatic heterocycles. The molecule has 3 aromatic rings. The number of pyridine rings is 1. The highest BCUT2D eigenvalue weighted by molar-refractivity contribution is 5.85. The van der Waals surface area contributed by atoms with Crippen molar-refractivity contribution in [3.8, 4) is 11.5 Å². The highest BCUT2D eigenvalue weighted by atomic mass is 16.4. The quantitative estimate of drug-likeness (QED) is 0.694. The molecular weight excluding hydrogens is 220 g/mol. The lowest BCUT2D eigenvalue weighted by Gasteiger charge is -1.87. The molecule has 0 aromatic carbocycles. The summed E-state index contributed by atoms with van der Waals surface area (Å²) in [6, 6.07) is 5.64. The van der Waals surface area contributed by atoms with Crippen LogP contribution in [0.3, 0.4) is 0 Å². The van der Waals surface area contributed by atoms with Gasteiger partial charge in [0.25, 0.3) is 0 Å². The van der Waals surface area contributed by atoms with Crippen LogP contribution in [0.5, 0.6) is 0 Å². The summed E-state index contributed by atoms with van der Waals surface area (Å²) in [5, 5.41) is 8.79. The molecule has 0 aliphatic heterocycles. The maximum Gasteiger partial charge on any atom is 0.353 e. The molecule has 0 aliphatic rings. The fraction of sp³-hybridized carbons (Fsp3) is 0. The van der Waals surface area contributed by atoms with Gasteiger partial charge in [-0.2, -0.15) is 0 Å². The highest BCUT2D eigenvalue weighted by Crippen LogP contribution is 2.15. The second kappa shape index (κ2) is 3.44. The van der Waals surface area contributed by atoms with Crippen LogP contribution in [0.15, 0.2) is 36.8 Å². The molecule has 0 atom stereocenters. The van der Waals surface area contributed by atoms with Crippen molar-refractivity contribution in [3.05, 3.63) is 42.5 Å². The molecule has 0 saturated carbocycles. The van der Waals surface area contributed by atoms with Crippen molar-refractivity contribution in [3.63, 3.8) is 0 Å². The molecule has 3 rings (SSSR count). The number of aromatic carboxylic acids is 1. The number of imidazole rings is 2. The van der Waals surface area contributed by atoms with Crippen LogP contribution in [0.2, 0.25) is 0 Å². The Morgan fingerprint density at radius 3 is 3.00 bits per heavy atom. The Hall–Kier alpha value is -2.63. The van der Waals surface area contributed by atoms with E-state index in [0.717, 1.165) is 5.65 Å². The van der Waals surface area contributed by atoms with Crippen molar-refractivity contribution in [2.75, 3.05) is 0 Å². The van der Waals surface area contributed by atoms with E-state index >= 15 is 0 Å². The SMILES string of the molecule is O=C(O)c1cnc(-c2cn3ccccc3n2)[nH]1. The zero-order chi connectivity index (χ0) is 11.8. The second-order valence-electron chi connectivity index (χ2n) is 3.54. The number of hydrogen-bond donors (Lipinski definition) is 2. The number of nitrogens with one attached hydrogen (secondary N) is 1.